The molecule has 0 atom stereocenters. The molecule has 4 N–H and O–H groups in total. The zero-order chi connectivity index (χ0) is 22.9. The minimum atomic E-state index is -0.343. The zero-order valence-electron chi connectivity index (χ0n) is 17.7. The van der Waals surface area contributed by atoms with Gasteiger partial charge in [0.1, 0.15) is 24.1 Å². The number of nitrogens with two attached hydrogens (primary N) is 2. The van der Waals surface area contributed by atoms with E-state index in [1.165, 1.54) is 18.2 Å². The molecule has 8 nitrogen and oxygen atoms in total. The van der Waals surface area contributed by atoms with E-state index in [1.807, 2.05) is 43.3 Å². The molecule has 0 spiro atoms. The fourth-order valence-corrected chi connectivity index (χ4v) is 3.57. The number of halogens is 1. The highest BCUT2D eigenvalue weighted by atomic mass is 19.1. The van der Waals surface area contributed by atoms with Crippen LogP contribution in [-0.2, 0) is 6.61 Å². The number of hydrogen-bond acceptors (Lipinski definition) is 7. The SMILES string of the molecule is Cc1nn(-c2ccccc2)c2nc(OCc3cccc(F)c3)c(-c3nc(N)cc(N)n3)cc12. The summed E-state index contributed by atoms with van der Waals surface area (Å²) in [5, 5.41) is 5.46. The first-order chi connectivity index (χ1) is 16.0. The van der Waals surface area contributed by atoms with Crippen molar-refractivity contribution >= 4 is 22.7 Å². The average molecular weight is 441 g/mol. The number of fused-ring (bicyclic) bond motifs is 1. The summed E-state index contributed by atoms with van der Waals surface area (Å²) in [6.45, 7) is 1.99. The number of benzene rings is 2. The van der Waals surface area contributed by atoms with Crippen LogP contribution in [0.4, 0.5) is 16.0 Å². The average Bonchev–Trinajstić information content (AvgIpc) is 3.12. The fourth-order valence-electron chi connectivity index (χ4n) is 3.57. The summed E-state index contributed by atoms with van der Waals surface area (Å²) in [6, 6.07) is 19.2. The number of para-hydroxylation sites is 1. The Morgan fingerprint density at radius 1 is 0.909 bits per heavy atom. The molecule has 0 radical (unpaired) electrons. The van der Waals surface area contributed by atoms with Gasteiger partial charge in [0.05, 0.1) is 16.9 Å². The molecule has 0 aliphatic carbocycles. The Labute approximate surface area is 188 Å². The minimum Gasteiger partial charge on any atom is -0.472 e. The summed E-state index contributed by atoms with van der Waals surface area (Å²) in [7, 11) is 0. The van der Waals surface area contributed by atoms with Crippen LogP contribution in [0.15, 0.2) is 66.7 Å². The van der Waals surface area contributed by atoms with Crippen molar-refractivity contribution in [2.45, 2.75) is 13.5 Å². The Balaban J connectivity index is 1.68. The second kappa shape index (κ2) is 8.19. The van der Waals surface area contributed by atoms with Gasteiger partial charge in [0.15, 0.2) is 11.5 Å². The van der Waals surface area contributed by atoms with Crippen LogP contribution in [0.1, 0.15) is 11.3 Å². The first-order valence-corrected chi connectivity index (χ1v) is 10.2. The number of nitrogens with zero attached hydrogens (tertiary/aromatic N) is 5. The largest absolute Gasteiger partial charge is 0.472 e. The molecule has 5 aromatic rings. The van der Waals surface area contributed by atoms with Crippen LogP contribution in [0.25, 0.3) is 28.1 Å². The predicted octanol–water partition coefficient (Wildman–Crippen LogP) is 4.07. The first-order valence-electron chi connectivity index (χ1n) is 10.2. The molecule has 0 unspecified atom stereocenters. The van der Waals surface area contributed by atoms with Gasteiger partial charge in [-0.05, 0) is 42.8 Å². The van der Waals surface area contributed by atoms with E-state index in [-0.39, 0.29) is 35.8 Å². The molecule has 0 saturated carbocycles. The van der Waals surface area contributed by atoms with Crippen molar-refractivity contribution in [2.75, 3.05) is 11.5 Å². The van der Waals surface area contributed by atoms with Gasteiger partial charge >= 0.3 is 0 Å². The Morgan fingerprint density at radius 3 is 2.39 bits per heavy atom. The maximum atomic E-state index is 13.6. The van der Waals surface area contributed by atoms with E-state index < -0.39 is 0 Å². The molecule has 0 saturated heterocycles. The summed E-state index contributed by atoms with van der Waals surface area (Å²) >= 11 is 0. The third-order valence-electron chi connectivity index (χ3n) is 5.08. The number of nitrogen functional groups attached to an aromatic ring is 2. The highest BCUT2D eigenvalue weighted by Gasteiger charge is 2.19. The molecule has 0 aliphatic rings. The van der Waals surface area contributed by atoms with Crippen molar-refractivity contribution in [2.24, 2.45) is 0 Å². The lowest BCUT2D eigenvalue weighted by Crippen LogP contribution is -2.05. The molecule has 0 fully saturated rings. The van der Waals surface area contributed by atoms with E-state index in [4.69, 9.17) is 21.2 Å². The normalized spacial score (nSPS) is 11.1. The number of anilines is 2. The molecule has 9 heteroatoms. The first kappa shape index (κ1) is 20.4. The second-order valence-corrected chi connectivity index (χ2v) is 7.50. The quantitative estimate of drug-likeness (QED) is 0.422. The number of aromatic nitrogens is 5. The molecule has 5 rings (SSSR count). The molecule has 2 aromatic carbocycles. The Morgan fingerprint density at radius 2 is 1.67 bits per heavy atom. The lowest BCUT2D eigenvalue weighted by molar-refractivity contribution is 0.295. The third kappa shape index (κ3) is 4.03. The summed E-state index contributed by atoms with van der Waals surface area (Å²) < 4.78 is 21.4. The molecule has 0 aliphatic heterocycles. The van der Waals surface area contributed by atoms with E-state index in [2.05, 4.69) is 15.1 Å². The predicted molar refractivity (Wildman–Crippen MR) is 124 cm³/mol. The van der Waals surface area contributed by atoms with Gasteiger partial charge in [-0.15, -0.1) is 0 Å². The summed E-state index contributed by atoms with van der Waals surface area (Å²) in [5.41, 5.74) is 15.2. The van der Waals surface area contributed by atoms with E-state index in [9.17, 15) is 4.39 Å². The summed E-state index contributed by atoms with van der Waals surface area (Å²) in [6.07, 6.45) is 0. The van der Waals surface area contributed by atoms with Crippen LogP contribution in [0.5, 0.6) is 5.88 Å². The molecule has 3 aromatic heterocycles. The van der Waals surface area contributed by atoms with E-state index >= 15 is 0 Å². The van der Waals surface area contributed by atoms with Crippen LogP contribution in [-0.4, -0.2) is 24.7 Å². The third-order valence-corrected chi connectivity index (χ3v) is 5.08. The van der Waals surface area contributed by atoms with Crippen molar-refractivity contribution in [3.05, 3.63) is 83.8 Å². The Hall–Kier alpha value is -4.53. The van der Waals surface area contributed by atoms with E-state index in [0.717, 1.165) is 16.8 Å². The Kier molecular flexibility index (Phi) is 5.06. The second-order valence-electron chi connectivity index (χ2n) is 7.50. The van der Waals surface area contributed by atoms with Gasteiger partial charge in [-0.3, -0.25) is 0 Å². The highest BCUT2D eigenvalue weighted by Crippen LogP contribution is 2.33. The lowest BCUT2D eigenvalue weighted by Gasteiger charge is -2.12. The van der Waals surface area contributed by atoms with Crippen molar-refractivity contribution < 1.29 is 9.13 Å². The molecule has 3 heterocycles. The van der Waals surface area contributed by atoms with Crippen molar-refractivity contribution in [3.63, 3.8) is 0 Å². The van der Waals surface area contributed by atoms with Crippen molar-refractivity contribution in [3.8, 4) is 23.0 Å². The fraction of sp³-hybridized carbons (Fsp3) is 0.0833. The van der Waals surface area contributed by atoms with Gasteiger partial charge in [0.25, 0.3) is 0 Å². The van der Waals surface area contributed by atoms with Gasteiger partial charge in [-0.25, -0.2) is 19.0 Å². The highest BCUT2D eigenvalue weighted by molar-refractivity contribution is 5.86. The number of aryl methyl sites for hydroxylation is 1. The number of hydrogen-bond donors (Lipinski definition) is 2. The molecular formula is C24H20FN7O. The van der Waals surface area contributed by atoms with Crippen LogP contribution >= 0.6 is 0 Å². The van der Waals surface area contributed by atoms with Crippen LogP contribution < -0.4 is 16.2 Å². The summed E-state index contributed by atoms with van der Waals surface area (Å²) in [4.78, 5) is 13.4. The van der Waals surface area contributed by atoms with Gasteiger partial charge in [-0.1, -0.05) is 30.3 Å². The van der Waals surface area contributed by atoms with E-state index in [1.54, 1.807) is 16.8 Å². The molecular weight excluding hydrogens is 421 g/mol. The summed E-state index contributed by atoms with van der Waals surface area (Å²) in [5.74, 6) is 0.650. The van der Waals surface area contributed by atoms with Crippen molar-refractivity contribution in [1.82, 2.24) is 24.7 Å². The van der Waals surface area contributed by atoms with Crippen LogP contribution in [0.2, 0.25) is 0 Å². The Bertz CT molecular complexity index is 1450. The topological polar surface area (TPSA) is 118 Å². The molecule has 0 bridgehead atoms. The van der Waals surface area contributed by atoms with Gasteiger partial charge in [-0.2, -0.15) is 10.1 Å². The number of pyridine rings is 1. The lowest BCUT2D eigenvalue weighted by atomic mass is 10.1. The molecule has 0 amide bonds. The van der Waals surface area contributed by atoms with Crippen LogP contribution in [0, 0.1) is 12.7 Å². The van der Waals surface area contributed by atoms with Gasteiger partial charge < -0.3 is 16.2 Å². The molecule has 33 heavy (non-hydrogen) atoms. The van der Waals surface area contributed by atoms with Crippen molar-refractivity contribution in [1.29, 1.82) is 0 Å². The standard InChI is InChI=1S/C24H20FN7O/c1-14-18-11-19(22-28-20(26)12-21(27)29-22)24(33-13-15-6-5-7-16(25)10-15)30-23(18)32(31-14)17-8-3-2-4-9-17/h2-12H,13H2,1H3,(H4,26,27,28,29). The number of ether oxygens (including phenoxy) is 1. The van der Waals surface area contributed by atoms with E-state index in [0.29, 0.717) is 16.8 Å². The van der Waals surface area contributed by atoms with Crippen LogP contribution in [0.3, 0.4) is 0 Å². The monoisotopic (exact) mass is 441 g/mol. The number of rotatable bonds is 5. The van der Waals surface area contributed by atoms with Gasteiger partial charge in [0.2, 0.25) is 5.88 Å². The maximum absolute atomic E-state index is 13.6. The smallest absolute Gasteiger partial charge is 0.227 e. The zero-order valence-corrected chi connectivity index (χ0v) is 17.7. The minimum absolute atomic E-state index is 0.0967. The maximum Gasteiger partial charge on any atom is 0.227 e. The van der Waals surface area contributed by atoms with Gasteiger partial charge in [0, 0.05) is 11.5 Å². The molecule has 164 valence electrons.